The highest BCUT2D eigenvalue weighted by Gasteiger charge is 2.45. The molecule has 1 saturated heterocycles. The summed E-state index contributed by atoms with van der Waals surface area (Å²) in [4.78, 5) is 42.3. The van der Waals surface area contributed by atoms with Crippen molar-refractivity contribution in [2.75, 3.05) is 24.4 Å². The molecule has 3 heterocycles. The Labute approximate surface area is 172 Å². The predicted molar refractivity (Wildman–Crippen MR) is 107 cm³/mol. The van der Waals surface area contributed by atoms with Crippen LogP contribution in [0.2, 0.25) is 0 Å². The number of thiophene rings is 1. The highest BCUT2D eigenvalue weighted by Crippen LogP contribution is 2.30. The number of hydrogen-bond acceptors (Lipinski definition) is 7. The third kappa shape index (κ3) is 3.65. The second kappa shape index (κ2) is 7.27. The Kier molecular flexibility index (Phi) is 4.91. The van der Waals surface area contributed by atoms with Crippen LogP contribution in [0.15, 0.2) is 40.6 Å². The number of hydrogen-bond donors (Lipinski definition) is 0. The normalized spacial score (nSPS) is 17.3. The zero-order valence-electron chi connectivity index (χ0n) is 15.7. The van der Waals surface area contributed by atoms with Crippen LogP contribution in [0.5, 0.6) is 0 Å². The maximum atomic E-state index is 12.7. The Morgan fingerprint density at radius 1 is 1.07 bits per heavy atom. The molecule has 2 aliphatic heterocycles. The van der Waals surface area contributed by atoms with Crippen LogP contribution in [-0.4, -0.2) is 55.5 Å². The lowest BCUT2D eigenvalue weighted by Crippen LogP contribution is -2.44. The SMILES string of the molecule is CS(=O)(=O)c1ccc2c(c1)CCCN2CN1C(=O)C(=O)N(Cc2cccs2)C1=O. The van der Waals surface area contributed by atoms with Gasteiger partial charge < -0.3 is 4.90 Å². The van der Waals surface area contributed by atoms with Crippen molar-refractivity contribution < 1.29 is 22.8 Å². The molecule has 1 fully saturated rings. The van der Waals surface area contributed by atoms with Crippen molar-refractivity contribution in [2.45, 2.75) is 24.3 Å². The maximum absolute atomic E-state index is 12.7. The molecule has 1 aromatic heterocycles. The minimum atomic E-state index is -3.32. The number of sulfone groups is 1. The fraction of sp³-hybridized carbons (Fsp3) is 0.316. The van der Waals surface area contributed by atoms with Gasteiger partial charge in [-0.2, -0.15) is 0 Å². The summed E-state index contributed by atoms with van der Waals surface area (Å²) < 4.78 is 23.6. The van der Waals surface area contributed by atoms with E-state index in [0.717, 1.165) is 38.6 Å². The van der Waals surface area contributed by atoms with E-state index in [1.165, 1.54) is 17.4 Å². The zero-order valence-corrected chi connectivity index (χ0v) is 17.3. The van der Waals surface area contributed by atoms with Crippen molar-refractivity contribution >= 4 is 44.7 Å². The number of benzene rings is 1. The molecular formula is C19H19N3O5S2. The number of rotatable bonds is 5. The second-order valence-corrected chi connectivity index (χ2v) is 10.1. The van der Waals surface area contributed by atoms with Crippen molar-refractivity contribution in [3.8, 4) is 0 Å². The van der Waals surface area contributed by atoms with Gasteiger partial charge in [0.05, 0.1) is 11.4 Å². The van der Waals surface area contributed by atoms with Crippen molar-refractivity contribution in [3.63, 3.8) is 0 Å². The number of aryl methyl sites for hydroxylation is 1. The van der Waals surface area contributed by atoms with Crippen LogP contribution < -0.4 is 4.90 Å². The quantitative estimate of drug-likeness (QED) is 0.528. The first-order valence-corrected chi connectivity index (χ1v) is 11.8. The molecule has 8 nitrogen and oxygen atoms in total. The van der Waals surface area contributed by atoms with E-state index >= 15 is 0 Å². The lowest BCUT2D eigenvalue weighted by molar-refractivity contribution is -0.143. The van der Waals surface area contributed by atoms with Gasteiger partial charge >= 0.3 is 17.8 Å². The molecule has 0 spiro atoms. The van der Waals surface area contributed by atoms with Crippen molar-refractivity contribution in [1.29, 1.82) is 0 Å². The van der Waals surface area contributed by atoms with Crippen LogP contribution in [0.4, 0.5) is 10.5 Å². The Hall–Kier alpha value is -2.72. The number of nitrogens with zero attached hydrogens (tertiary/aromatic N) is 3. The molecule has 0 saturated carbocycles. The van der Waals surface area contributed by atoms with Gasteiger partial charge in [-0.3, -0.25) is 14.5 Å². The van der Waals surface area contributed by atoms with Gasteiger partial charge in [0, 0.05) is 23.4 Å². The van der Waals surface area contributed by atoms with Crippen LogP contribution >= 0.6 is 11.3 Å². The van der Waals surface area contributed by atoms with Crippen molar-refractivity contribution in [1.82, 2.24) is 9.80 Å². The summed E-state index contributed by atoms with van der Waals surface area (Å²) in [7, 11) is -3.32. The van der Waals surface area contributed by atoms with Gasteiger partial charge in [-0.25, -0.2) is 18.1 Å². The number of anilines is 1. The summed E-state index contributed by atoms with van der Waals surface area (Å²) in [6.07, 6.45) is 2.62. The van der Waals surface area contributed by atoms with Crippen LogP contribution in [0.1, 0.15) is 16.9 Å². The zero-order chi connectivity index (χ0) is 20.8. The topological polar surface area (TPSA) is 95.1 Å². The maximum Gasteiger partial charge on any atom is 0.336 e. The van der Waals surface area contributed by atoms with E-state index in [1.807, 2.05) is 16.3 Å². The van der Waals surface area contributed by atoms with E-state index in [0.29, 0.717) is 13.0 Å². The van der Waals surface area contributed by atoms with Gasteiger partial charge in [0.15, 0.2) is 9.84 Å². The van der Waals surface area contributed by atoms with Gasteiger partial charge in [-0.15, -0.1) is 11.3 Å². The monoisotopic (exact) mass is 433 g/mol. The molecule has 0 atom stereocenters. The average molecular weight is 434 g/mol. The van der Waals surface area contributed by atoms with E-state index in [4.69, 9.17) is 0 Å². The molecule has 0 aliphatic carbocycles. The predicted octanol–water partition coefficient (Wildman–Crippen LogP) is 1.85. The second-order valence-electron chi connectivity index (χ2n) is 7.06. The Bertz CT molecular complexity index is 1100. The van der Waals surface area contributed by atoms with Crippen LogP contribution in [0.3, 0.4) is 0 Å². The number of amides is 4. The molecular weight excluding hydrogens is 414 g/mol. The molecule has 10 heteroatoms. The number of urea groups is 1. The molecule has 4 rings (SSSR count). The molecule has 4 amide bonds. The van der Waals surface area contributed by atoms with E-state index in [1.54, 1.807) is 18.2 Å². The van der Waals surface area contributed by atoms with Gasteiger partial charge in [0.25, 0.3) is 0 Å². The minimum absolute atomic E-state index is 0.0461. The lowest BCUT2D eigenvalue weighted by Gasteiger charge is -2.33. The van der Waals surface area contributed by atoms with Crippen molar-refractivity contribution in [2.24, 2.45) is 0 Å². The highest BCUT2D eigenvalue weighted by atomic mass is 32.2. The molecule has 0 unspecified atom stereocenters. The molecule has 2 aromatic rings. The number of carbonyl (C=O) groups is 3. The first-order valence-electron chi connectivity index (χ1n) is 9.03. The summed E-state index contributed by atoms with van der Waals surface area (Å²) in [5.41, 5.74) is 1.62. The molecule has 0 radical (unpaired) electrons. The van der Waals surface area contributed by atoms with Crippen LogP contribution in [0, 0.1) is 0 Å². The summed E-state index contributed by atoms with van der Waals surface area (Å²) in [6.45, 7) is 0.628. The summed E-state index contributed by atoms with van der Waals surface area (Å²) in [5, 5.41) is 1.84. The van der Waals surface area contributed by atoms with Crippen molar-refractivity contribution in [3.05, 3.63) is 46.2 Å². The molecule has 152 valence electrons. The van der Waals surface area contributed by atoms with Gasteiger partial charge in [0.1, 0.15) is 6.67 Å². The number of fused-ring (bicyclic) bond motifs is 1. The van der Waals surface area contributed by atoms with Crippen LogP contribution in [0.25, 0.3) is 0 Å². The van der Waals surface area contributed by atoms with Gasteiger partial charge in [0.2, 0.25) is 0 Å². The fourth-order valence-corrected chi connectivity index (χ4v) is 4.94. The molecule has 0 N–H and O–H groups in total. The first kappa shape index (κ1) is 19.6. The van der Waals surface area contributed by atoms with Gasteiger partial charge in [-0.05, 0) is 48.1 Å². The minimum Gasteiger partial charge on any atom is -0.353 e. The van der Waals surface area contributed by atoms with E-state index in [2.05, 4.69) is 0 Å². The molecule has 2 aliphatic rings. The molecule has 1 aromatic carbocycles. The molecule has 29 heavy (non-hydrogen) atoms. The van der Waals surface area contributed by atoms with Gasteiger partial charge in [-0.1, -0.05) is 6.07 Å². The molecule has 0 bridgehead atoms. The first-order chi connectivity index (χ1) is 13.8. The van der Waals surface area contributed by atoms with E-state index in [-0.39, 0.29) is 18.1 Å². The average Bonchev–Trinajstić information content (AvgIpc) is 3.26. The van der Waals surface area contributed by atoms with E-state index < -0.39 is 27.7 Å². The Balaban J connectivity index is 1.56. The van der Waals surface area contributed by atoms with Crippen LogP contribution in [-0.2, 0) is 32.4 Å². The fourth-order valence-electron chi connectivity index (χ4n) is 3.57. The van der Waals surface area contributed by atoms with E-state index in [9.17, 15) is 22.8 Å². The number of carbonyl (C=O) groups excluding carboxylic acids is 3. The Morgan fingerprint density at radius 2 is 1.83 bits per heavy atom. The third-order valence-corrected chi connectivity index (χ3v) is 7.01. The smallest absolute Gasteiger partial charge is 0.336 e. The summed E-state index contributed by atoms with van der Waals surface area (Å²) in [5.74, 6) is -1.67. The standard InChI is InChI=1S/C19H19N3O5S2/c1-29(26,27)15-6-7-16-13(10-15)4-2-8-20(16)12-22-18(24)17(23)21(19(22)25)11-14-5-3-9-28-14/h3,5-7,9-10H,2,4,8,11-12H2,1H3. The lowest BCUT2D eigenvalue weighted by atomic mass is 10.0. The third-order valence-electron chi connectivity index (χ3n) is 5.04. The Morgan fingerprint density at radius 3 is 2.52 bits per heavy atom. The highest BCUT2D eigenvalue weighted by molar-refractivity contribution is 7.90. The summed E-state index contributed by atoms with van der Waals surface area (Å²) >= 11 is 1.41. The summed E-state index contributed by atoms with van der Waals surface area (Å²) in [6, 6.07) is 7.85. The largest absolute Gasteiger partial charge is 0.353 e. The number of imide groups is 2.